The number of ketones is 2. The maximum absolute atomic E-state index is 11.6. The number of H-pyrrole nitrogens is 1. The van der Waals surface area contributed by atoms with Gasteiger partial charge in [0.25, 0.3) is 0 Å². The zero-order valence-corrected chi connectivity index (χ0v) is 8.71. The Morgan fingerprint density at radius 1 is 1.20 bits per heavy atom. The molecular weight excluding hydrogens is 210 g/mol. The average molecular weight is 219 g/mol. The first-order valence-corrected chi connectivity index (χ1v) is 5.38. The molecule has 3 nitrogen and oxygen atoms in total. The Balaban J connectivity index is 2.04. The summed E-state index contributed by atoms with van der Waals surface area (Å²) in [7, 11) is 0. The van der Waals surface area contributed by atoms with E-state index in [9.17, 15) is 9.59 Å². The predicted octanol–water partition coefficient (Wildman–Crippen LogP) is 2.53. The monoisotopic (exact) mass is 219 g/mol. The van der Waals surface area contributed by atoms with Gasteiger partial charge in [0.15, 0.2) is 11.6 Å². The molecule has 15 heavy (non-hydrogen) atoms. The summed E-state index contributed by atoms with van der Waals surface area (Å²) < 4.78 is 0. The van der Waals surface area contributed by atoms with Gasteiger partial charge >= 0.3 is 0 Å². The van der Waals surface area contributed by atoms with Crippen molar-refractivity contribution in [2.75, 3.05) is 0 Å². The van der Waals surface area contributed by atoms with Gasteiger partial charge in [-0.15, -0.1) is 11.3 Å². The lowest BCUT2D eigenvalue weighted by Crippen LogP contribution is -2.07. The molecule has 0 radical (unpaired) electrons. The Hall–Kier alpha value is -1.68. The van der Waals surface area contributed by atoms with Crippen LogP contribution in [0.2, 0.25) is 0 Å². The number of Topliss-reactive ketones (excluding diaryl/α,β-unsaturated/α-hetero) is 2. The molecule has 0 saturated carbocycles. The summed E-state index contributed by atoms with van der Waals surface area (Å²) in [5.74, 6) is -0.289. The van der Waals surface area contributed by atoms with Crippen LogP contribution in [0.15, 0.2) is 35.8 Å². The third kappa shape index (κ3) is 2.22. The molecule has 0 aliphatic heterocycles. The van der Waals surface area contributed by atoms with E-state index in [1.807, 2.05) is 5.38 Å². The van der Waals surface area contributed by atoms with E-state index in [4.69, 9.17) is 0 Å². The summed E-state index contributed by atoms with van der Waals surface area (Å²) in [6, 6.07) is 6.94. The number of carbonyl (C=O) groups excluding carboxylic acids is 2. The minimum atomic E-state index is -0.168. The zero-order valence-electron chi connectivity index (χ0n) is 7.90. The quantitative estimate of drug-likeness (QED) is 0.634. The highest BCUT2D eigenvalue weighted by Crippen LogP contribution is 2.12. The highest BCUT2D eigenvalue weighted by Gasteiger charge is 2.14. The van der Waals surface area contributed by atoms with E-state index in [2.05, 4.69) is 4.98 Å². The topological polar surface area (TPSA) is 49.9 Å². The van der Waals surface area contributed by atoms with Crippen molar-refractivity contribution in [3.8, 4) is 0 Å². The Bertz CT molecular complexity index is 413. The molecule has 0 atom stereocenters. The van der Waals surface area contributed by atoms with Crippen LogP contribution in [0.1, 0.15) is 26.6 Å². The molecule has 2 aromatic heterocycles. The number of carbonyl (C=O) groups is 2. The first-order valence-electron chi connectivity index (χ1n) is 4.50. The van der Waals surface area contributed by atoms with Crippen LogP contribution in [-0.4, -0.2) is 16.6 Å². The van der Waals surface area contributed by atoms with Gasteiger partial charge in [-0.25, -0.2) is 0 Å². The first-order chi connectivity index (χ1) is 7.27. The fourth-order valence-electron chi connectivity index (χ4n) is 1.27. The lowest BCUT2D eigenvalue weighted by Gasteiger charge is -1.95. The van der Waals surface area contributed by atoms with Crippen molar-refractivity contribution in [3.63, 3.8) is 0 Å². The van der Waals surface area contributed by atoms with Crippen LogP contribution in [0.3, 0.4) is 0 Å². The van der Waals surface area contributed by atoms with Gasteiger partial charge in [-0.2, -0.15) is 0 Å². The molecule has 76 valence electrons. The minimum Gasteiger partial charge on any atom is -0.359 e. The molecule has 4 heteroatoms. The van der Waals surface area contributed by atoms with Crippen LogP contribution in [0.4, 0.5) is 0 Å². The van der Waals surface area contributed by atoms with Gasteiger partial charge < -0.3 is 4.98 Å². The molecule has 0 aromatic carbocycles. The number of thiophene rings is 1. The molecule has 0 spiro atoms. The van der Waals surface area contributed by atoms with Crippen LogP contribution < -0.4 is 0 Å². The second kappa shape index (κ2) is 4.23. The summed E-state index contributed by atoms with van der Waals surface area (Å²) in [6.07, 6.45) is 1.60. The van der Waals surface area contributed by atoms with Crippen molar-refractivity contribution < 1.29 is 9.59 Å². The summed E-state index contributed by atoms with van der Waals surface area (Å²) in [5.41, 5.74) is 0.486. The molecule has 2 rings (SSSR count). The van der Waals surface area contributed by atoms with Gasteiger partial charge in [0.2, 0.25) is 0 Å². The maximum atomic E-state index is 11.6. The molecule has 0 bridgehead atoms. The average Bonchev–Trinajstić information content (AvgIpc) is 2.91. The second-order valence-corrected chi connectivity index (χ2v) is 4.03. The molecule has 0 saturated heterocycles. The van der Waals surface area contributed by atoms with Crippen LogP contribution in [0.25, 0.3) is 0 Å². The number of aromatic amines is 1. The van der Waals surface area contributed by atoms with Crippen molar-refractivity contribution in [3.05, 3.63) is 46.4 Å². The molecule has 0 fully saturated rings. The van der Waals surface area contributed by atoms with Gasteiger partial charge in [0.05, 0.1) is 17.0 Å². The Morgan fingerprint density at radius 3 is 2.67 bits per heavy atom. The van der Waals surface area contributed by atoms with Crippen LogP contribution in [-0.2, 0) is 0 Å². The van der Waals surface area contributed by atoms with Gasteiger partial charge in [-0.3, -0.25) is 9.59 Å². The highest BCUT2D eigenvalue weighted by atomic mass is 32.1. The minimum absolute atomic E-state index is 0.0684. The SMILES string of the molecule is O=C(CC(=O)c1cccs1)c1ccc[nH]1. The highest BCUT2D eigenvalue weighted by molar-refractivity contribution is 7.12. The largest absolute Gasteiger partial charge is 0.359 e. The molecule has 0 aliphatic rings. The van der Waals surface area contributed by atoms with Crippen LogP contribution in [0, 0.1) is 0 Å². The Labute approximate surface area is 90.8 Å². The van der Waals surface area contributed by atoms with E-state index in [0.29, 0.717) is 10.6 Å². The second-order valence-electron chi connectivity index (χ2n) is 3.08. The Morgan fingerprint density at radius 2 is 2.07 bits per heavy atom. The van der Waals surface area contributed by atoms with Crippen molar-refractivity contribution in [2.45, 2.75) is 6.42 Å². The number of hydrogen-bond donors (Lipinski definition) is 1. The number of nitrogens with one attached hydrogen (secondary N) is 1. The van der Waals surface area contributed by atoms with Gasteiger partial charge in [-0.05, 0) is 23.6 Å². The molecule has 1 N–H and O–H groups in total. The first kappa shape index (κ1) is 9.86. The molecule has 0 unspecified atom stereocenters. The van der Waals surface area contributed by atoms with Gasteiger partial charge in [-0.1, -0.05) is 6.07 Å². The van der Waals surface area contributed by atoms with Crippen molar-refractivity contribution in [1.29, 1.82) is 0 Å². The number of hydrogen-bond acceptors (Lipinski definition) is 3. The van der Waals surface area contributed by atoms with Crippen molar-refractivity contribution in [2.24, 2.45) is 0 Å². The van der Waals surface area contributed by atoms with Crippen molar-refractivity contribution in [1.82, 2.24) is 4.98 Å². The molecule has 2 aromatic rings. The summed E-state index contributed by atoms with van der Waals surface area (Å²) in [4.78, 5) is 26.6. The normalized spacial score (nSPS) is 10.1. The molecule has 0 amide bonds. The van der Waals surface area contributed by atoms with Gasteiger partial charge in [0, 0.05) is 6.20 Å². The fourth-order valence-corrected chi connectivity index (χ4v) is 1.93. The van der Waals surface area contributed by atoms with E-state index < -0.39 is 0 Å². The molecule has 2 heterocycles. The summed E-state index contributed by atoms with van der Waals surface area (Å²) in [6.45, 7) is 0. The summed E-state index contributed by atoms with van der Waals surface area (Å²) in [5, 5.41) is 1.83. The third-order valence-corrected chi connectivity index (χ3v) is 2.93. The van der Waals surface area contributed by atoms with Gasteiger partial charge in [0.1, 0.15) is 0 Å². The fraction of sp³-hybridized carbons (Fsp3) is 0.0909. The maximum Gasteiger partial charge on any atom is 0.186 e. The lowest BCUT2D eigenvalue weighted by molar-refractivity contribution is 0.0894. The van der Waals surface area contributed by atoms with E-state index >= 15 is 0 Å². The van der Waals surface area contributed by atoms with E-state index in [1.54, 1.807) is 30.5 Å². The molecule has 0 aliphatic carbocycles. The van der Waals surface area contributed by atoms with Crippen LogP contribution in [0.5, 0.6) is 0 Å². The standard InChI is InChI=1S/C11H9NO2S/c13-9(8-3-1-5-12-8)7-10(14)11-4-2-6-15-11/h1-6,12H,7H2. The Kier molecular flexibility index (Phi) is 2.78. The van der Waals surface area contributed by atoms with E-state index in [1.165, 1.54) is 11.3 Å². The summed E-state index contributed by atoms with van der Waals surface area (Å²) >= 11 is 1.36. The lowest BCUT2D eigenvalue weighted by atomic mass is 10.1. The van der Waals surface area contributed by atoms with E-state index in [0.717, 1.165) is 0 Å². The number of rotatable bonds is 4. The third-order valence-electron chi connectivity index (χ3n) is 2.02. The molecular formula is C11H9NO2S. The number of aromatic nitrogens is 1. The van der Waals surface area contributed by atoms with Crippen LogP contribution >= 0.6 is 11.3 Å². The predicted molar refractivity (Wildman–Crippen MR) is 58.4 cm³/mol. The van der Waals surface area contributed by atoms with Crippen molar-refractivity contribution >= 4 is 22.9 Å². The van der Waals surface area contributed by atoms with E-state index in [-0.39, 0.29) is 18.0 Å². The smallest absolute Gasteiger partial charge is 0.186 e. The zero-order chi connectivity index (χ0) is 10.7.